The van der Waals surface area contributed by atoms with Crippen LogP contribution in [0.15, 0.2) is 60.7 Å². The summed E-state index contributed by atoms with van der Waals surface area (Å²) in [4.78, 5) is 75.7. The Morgan fingerprint density at radius 3 is 1.72 bits per heavy atom. The number of rotatable bonds is 18. The van der Waals surface area contributed by atoms with Gasteiger partial charge in [-0.1, -0.05) is 18.2 Å². The van der Waals surface area contributed by atoms with Gasteiger partial charge in [-0.2, -0.15) is 10.2 Å². The molecule has 7 N–H and O–H groups in total. The summed E-state index contributed by atoms with van der Waals surface area (Å²) in [6.45, 7) is 10.6. The number of amides is 5. The van der Waals surface area contributed by atoms with Gasteiger partial charge in [-0.25, -0.2) is 9.97 Å². The first-order valence-electron chi connectivity index (χ1n) is 20.6. The number of ether oxygens (including phenoxy) is 2. The van der Waals surface area contributed by atoms with Gasteiger partial charge in [0.15, 0.2) is 0 Å². The lowest BCUT2D eigenvalue weighted by Gasteiger charge is -2.26. The second kappa shape index (κ2) is 19.1. The van der Waals surface area contributed by atoms with E-state index in [0.29, 0.717) is 83.3 Å². The predicted octanol–water partition coefficient (Wildman–Crippen LogP) is 2.77. The largest absolute Gasteiger partial charge is 0.494 e. The minimum atomic E-state index is -0.704. The van der Waals surface area contributed by atoms with Crippen molar-refractivity contribution in [1.29, 1.82) is 0 Å². The Labute approximate surface area is 367 Å². The van der Waals surface area contributed by atoms with Crippen LogP contribution in [0.1, 0.15) is 66.9 Å². The van der Waals surface area contributed by atoms with Crippen molar-refractivity contribution in [2.75, 3.05) is 50.5 Å². The molecular formula is C43H50N14O7. The number of aromatic nitrogens is 8. The summed E-state index contributed by atoms with van der Waals surface area (Å²) >= 11 is 0. The summed E-state index contributed by atoms with van der Waals surface area (Å²) in [6, 6.07) is 9.43. The summed E-state index contributed by atoms with van der Waals surface area (Å²) < 4.78 is 18.6. The third-order valence-electron chi connectivity index (χ3n) is 10.5. The number of piperazine rings is 1. The summed E-state index contributed by atoms with van der Waals surface area (Å²) in [6.07, 6.45) is 7.26. The summed E-state index contributed by atoms with van der Waals surface area (Å²) in [5, 5.41) is 17.7. The molecule has 1 aliphatic rings. The average Bonchev–Trinajstić information content (AvgIpc) is 4.04. The molecule has 0 saturated carbocycles. The maximum Gasteiger partial charge on any atom is 0.276 e. The second-order valence-corrected chi connectivity index (χ2v) is 14.9. The van der Waals surface area contributed by atoms with Crippen LogP contribution in [0.2, 0.25) is 0 Å². The lowest BCUT2D eigenvalue weighted by Crippen LogP contribution is -2.47. The van der Waals surface area contributed by atoms with Crippen LogP contribution >= 0.6 is 0 Å². The SMILES string of the molecule is CCn1nc(C)cc1C(=O)Nc1nc2cc(C(N)=O)cc(OC)c2n1C/C=C/Cn1c(NC(=O)c2cc(C)nn2CC)nc2cc(C(N)=O)cc(OC/C=C\CN3CCNCC3=O)c21. The molecule has 7 rings (SSSR count). The van der Waals surface area contributed by atoms with Gasteiger partial charge in [-0.3, -0.25) is 44.0 Å². The number of methoxy groups -OCH3 is 1. The first-order chi connectivity index (χ1) is 30.8. The van der Waals surface area contributed by atoms with Crippen LogP contribution in [-0.4, -0.2) is 113 Å². The number of benzene rings is 2. The number of nitrogens with zero attached hydrogens (tertiary/aromatic N) is 9. The molecule has 64 heavy (non-hydrogen) atoms. The Bertz CT molecular complexity index is 2850. The Morgan fingerprint density at radius 1 is 0.734 bits per heavy atom. The molecule has 4 aromatic heterocycles. The van der Waals surface area contributed by atoms with E-state index in [4.69, 9.17) is 25.9 Å². The van der Waals surface area contributed by atoms with E-state index in [-0.39, 0.29) is 60.9 Å². The zero-order chi connectivity index (χ0) is 45.7. The molecule has 0 radical (unpaired) electrons. The van der Waals surface area contributed by atoms with Crippen LogP contribution in [0.25, 0.3) is 22.1 Å². The fraction of sp³-hybridized carbons (Fsp3) is 0.326. The number of nitrogens with one attached hydrogen (secondary N) is 3. The number of primary amides is 2. The molecule has 0 spiro atoms. The van der Waals surface area contributed by atoms with Crippen molar-refractivity contribution in [2.24, 2.45) is 11.5 Å². The van der Waals surface area contributed by atoms with Gasteiger partial charge in [0.1, 0.15) is 40.5 Å². The zero-order valence-electron chi connectivity index (χ0n) is 36.2. The first-order valence-corrected chi connectivity index (χ1v) is 20.6. The predicted molar refractivity (Wildman–Crippen MR) is 237 cm³/mol. The van der Waals surface area contributed by atoms with Crippen LogP contribution in [0.5, 0.6) is 11.5 Å². The van der Waals surface area contributed by atoms with Crippen LogP contribution in [-0.2, 0) is 31.0 Å². The van der Waals surface area contributed by atoms with Gasteiger partial charge in [0.2, 0.25) is 29.6 Å². The van der Waals surface area contributed by atoms with Gasteiger partial charge in [-0.05, 0) is 70.2 Å². The molecule has 1 fully saturated rings. The molecule has 1 aliphatic heterocycles. The highest BCUT2D eigenvalue weighted by molar-refractivity contribution is 6.05. The minimum absolute atomic E-state index is 0.00476. The lowest BCUT2D eigenvalue weighted by molar-refractivity contribution is -0.131. The standard InChI is InChI=1S/C43H50N14O7/c1-6-56-31(18-25(3)51-56)40(61)49-42-47-29-20-27(38(44)59)22-33(63-5)36(29)54(42)14-8-9-15-55-37-30(48-43(55)50-41(62)32-19-26(4)52-57(32)7-2)21-28(39(45)60)23-34(37)64-17-11-10-13-53-16-12-46-24-35(53)58/h8-11,18-23,46H,6-7,12-17,24H2,1-5H3,(H2,44,59)(H2,45,60)(H,47,49,61)(H,48,50,62)/b9-8+,11-10-. The molecule has 5 amide bonds. The van der Waals surface area contributed by atoms with Crippen LogP contribution in [0, 0.1) is 13.8 Å². The molecule has 0 bridgehead atoms. The van der Waals surface area contributed by atoms with E-state index in [9.17, 15) is 24.0 Å². The first kappa shape index (κ1) is 44.3. The number of allylic oxidation sites excluding steroid dienone is 2. The maximum atomic E-state index is 13.8. The van der Waals surface area contributed by atoms with Crippen molar-refractivity contribution in [3.63, 3.8) is 0 Å². The topological polar surface area (TPSA) is 266 Å². The Hall–Kier alpha value is -7.81. The lowest BCUT2D eigenvalue weighted by atomic mass is 10.1. The molecule has 0 aliphatic carbocycles. The van der Waals surface area contributed by atoms with Gasteiger partial charge in [-0.15, -0.1) is 0 Å². The van der Waals surface area contributed by atoms with Gasteiger partial charge in [0.25, 0.3) is 11.8 Å². The highest BCUT2D eigenvalue weighted by Crippen LogP contribution is 2.33. The third-order valence-corrected chi connectivity index (χ3v) is 10.5. The summed E-state index contributed by atoms with van der Waals surface area (Å²) in [5.41, 5.74) is 15.3. The molecule has 0 unspecified atom stereocenters. The highest BCUT2D eigenvalue weighted by atomic mass is 16.5. The number of fused-ring (bicyclic) bond motifs is 2. The number of hydrogen-bond acceptors (Lipinski definition) is 12. The maximum absolute atomic E-state index is 13.8. The van der Waals surface area contributed by atoms with Gasteiger partial charge in [0, 0.05) is 56.9 Å². The van der Waals surface area contributed by atoms with Crippen molar-refractivity contribution >= 4 is 63.5 Å². The van der Waals surface area contributed by atoms with Crippen LogP contribution in [0.3, 0.4) is 0 Å². The minimum Gasteiger partial charge on any atom is -0.494 e. The number of imidazole rings is 2. The number of nitrogens with two attached hydrogens (primary N) is 2. The van der Waals surface area contributed by atoms with Crippen molar-refractivity contribution in [3.05, 3.63) is 94.6 Å². The Morgan fingerprint density at radius 2 is 1.23 bits per heavy atom. The molecular weight excluding hydrogens is 825 g/mol. The van der Waals surface area contributed by atoms with Gasteiger partial charge < -0.3 is 40.3 Å². The zero-order valence-corrected chi connectivity index (χ0v) is 36.2. The molecule has 6 aromatic rings. The van der Waals surface area contributed by atoms with Crippen molar-refractivity contribution in [1.82, 2.24) is 48.9 Å². The monoisotopic (exact) mass is 874 g/mol. The van der Waals surface area contributed by atoms with E-state index in [1.807, 2.05) is 32.1 Å². The summed E-state index contributed by atoms with van der Waals surface area (Å²) in [7, 11) is 1.45. The Kier molecular flexibility index (Phi) is 13.2. The molecule has 0 atom stereocenters. The highest BCUT2D eigenvalue weighted by Gasteiger charge is 2.24. The van der Waals surface area contributed by atoms with Gasteiger partial charge in [0.05, 0.1) is 36.1 Å². The smallest absolute Gasteiger partial charge is 0.276 e. The van der Waals surface area contributed by atoms with Crippen molar-refractivity contribution in [2.45, 2.75) is 53.9 Å². The fourth-order valence-corrected chi connectivity index (χ4v) is 7.43. The molecule has 5 heterocycles. The third kappa shape index (κ3) is 9.33. The normalized spacial score (nSPS) is 13.1. The number of carbonyl (C=O) groups excluding carboxylic acids is 5. The molecule has 21 nitrogen and oxygen atoms in total. The van der Waals surface area contributed by atoms with Gasteiger partial charge >= 0.3 is 0 Å². The average molecular weight is 875 g/mol. The Balaban J connectivity index is 1.25. The number of hydrogen-bond donors (Lipinski definition) is 5. The van der Waals surface area contributed by atoms with Crippen molar-refractivity contribution in [3.8, 4) is 11.5 Å². The quantitative estimate of drug-likeness (QED) is 0.0781. The molecule has 2 aromatic carbocycles. The molecule has 334 valence electrons. The van der Waals surface area contributed by atoms with E-state index in [1.165, 1.54) is 31.4 Å². The van der Waals surface area contributed by atoms with Crippen LogP contribution < -0.4 is 36.9 Å². The van der Waals surface area contributed by atoms with Crippen molar-refractivity contribution < 1.29 is 33.4 Å². The van der Waals surface area contributed by atoms with E-state index in [1.54, 1.807) is 55.5 Å². The van der Waals surface area contributed by atoms with E-state index in [2.05, 4.69) is 31.1 Å². The number of carbonyl (C=O) groups is 5. The number of aryl methyl sites for hydroxylation is 4. The number of anilines is 2. The molecule has 21 heteroatoms. The van der Waals surface area contributed by atoms with Crippen LogP contribution in [0.4, 0.5) is 11.9 Å². The molecule has 1 saturated heterocycles. The van der Waals surface area contributed by atoms with E-state index >= 15 is 0 Å². The van der Waals surface area contributed by atoms with E-state index in [0.717, 1.165) is 0 Å². The fourth-order valence-electron chi connectivity index (χ4n) is 7.43. The second-order valence-electron chi connectivity index (χ2n) is 14.9. The summed E-state index contributed by atoms with van der Waals surface area (Å²) in [5.74, 6) is -1.40. The van der Waals surface area contributed by atoms with E-state index < -0.39 is 23.6 Å².